The van der Waals surface area contributed by atoms with Crippen LogP contribution in [0.15, 0.2) is 11.6 Å². The van der Waals surface area contributed by atoms with Crippen LogP contribution in [0.25, 0.3) is 0 Å². The Morgan fingerprint density at radius 2 is 2.38 bits per heavy atom. The summed E-state index contributed by atoms with van der Waals surface area (Å²) in [5, 5.41) is 0. The Hall–Kier alpha value is -0.790. The fraction of sp³-hybridized carbons (Fsp3) is 0.727. The normalized spacial score (nSPS) is 28.1. The van der Waals surface area contributed by atoms with Crippen LogP contribution in [-0.4, -0.2) is 12.6 Å². The van der Waals surface area contributed by atoms with Crippen molar-refractivity contribution in [2.24, 2.45) is 11.8 Å². The predicted molar refractivity (Wildman–Crippen MR) is 52.3 cm³/mol. The molecule has 0 amide bonds. The topological polar surface area (TPSA) is 26.3 Å². The third-order valence-electron chi connectivity index (χ3n) is 2.72. The molecule has 0 aromatic heterocycles. The van der Waals surface area contributed by atoms with E-state index in [-0.39, 0.29) is 5.97 Å². The first kappa shape index (κ1) is 10.3. The highest BCUT2D eigenvalue weighted by atomic mass is 16.5. The number of carbonyl (C=O) groups excluding carboxylic acids is 1. The lowest BCUT2D eigenvalue weighted by molar-refractivity contribution is -0.142. The molecular formula is C11H18O2. The van der Waals surface area contributed by atoms with Crippen LogP contribution < -0.4 is 0 Å². The molecule has 0 radical (unpaired) electrons. The van der Waals surface area contributed by atoms with Gasteiger partial charge in [0.2, 0.25) is 0 Å². The van der Waals surface area contributed by atoms with Crippen LogP contribution in [0, 0.1) is 11.8 Å². The molecule has 0 fully saturated rings. The van der Waals surface area contributed by atoms with Gasteiger partial charge in [-0.2, -0.15) is 0 Å². The van der Waals surface area contributed by atoms with E-state index in [0.717, 1.165) is 12.8 Å². The lowest BCUT2D eigenvalue weighted by Gasteiger charge is -2.26. The molecule has 0 N–H and O–H groups in total. The minimum Gasteiger partial charge on any atom is -0.466 e. The molecule has 2 heteroatoms. The monoisotopic (exact) mass is 182 g/mol. The zero-order valence-electron chi connectivity index (χ0n) is 8.67. The van der Waals surface area contributed by atoms with Gasteiger partial charge in [0, 0.05) is 6.92 Å². The van der Waals surface area contributed by atoms with Crippen LogP contribution in [-0.2, 0) is 9.53 Å². The third-order valence-corrected chi connectivity index (χ3v) is 2.72. The molecule has 0 aromatic carbocycles. The number of rotatable bonds is 2. The lowest BCUT2D eigenvalue weighted by Crippen LogP contribution is -2.22. The standard InChI is InChI=1S/C11H18O2/c1-8-4-5-11(9(2)6-8)7-13-10(3)12/h4,9,11H,5-7H2,1-3H3/t9-,11+/m0/s1. The van der Waals surface area contributed by atoms with Gasteiger partial charge in [0.25, 0.3) is 0 Å². The van der Waals surface area contributed by atoms with Gasteiger partial charge in [0.05, 0.1) is 6.61 Å². The highest BCUT2D eigenvalue weighted by molar-refractivity contribution is 5.65. The highest BCUT2D eigenvalue weighted by Gasteiger charge is 2.21. The third kappa shape index (κ3) is 3.21. The van der Waals surface area contributed by atoms with Crippen molar-refractivity contribution in [2.75, 3.05) is 6.61 Å². The number of carbonyl (C=O) groups is 1. The first-order chi connectivity index (χ1) is 6.09. The zero-order chi connectivity index (χ0) is 9.84. The highest BCUT2D eigenvalue weighted by Crippen LogP contribution is 2.29. The summed E-state index contributed by atoms with van der Waals surface area (Å²) in [5.74, 6) is 0.996. The maximum absolute atomic E-state index is 10.6. The fourth-order valence-electron chi connectivity index (χ4n) is 1.80. The van der Waals surface area contributed by atoms with E-state index in [1.165, 1.54) is 12.5 Å². The predicted octanol–water partition coefficient (Wildman–Crippen LogP) is 2.54. The lowest BCUT2D eigenvalue weighted by atomic mass is 9.82. The number of ether oxygens (including phenoxy) is 1. The maximum atomic E-state index is 10.6. The van der Waals surface area contributed by atoms with Crippen LogP contribution in [0.3, 0.4) is 0 Å². The second-order valence-corrected chi connectivity index (χ2v) is 4.03. The average molecular weight is 182 g/mol. The van der Waals surface area contributed by atoms with Gasteiger partial charge in [-0.15, -0.1) is 0 Å². The summed E-state index contributed by atoms with van der Waals surface area (Å²) in [4.78, 5) is 10.6. The Bertz CT molecular complexity index is 218. The Labute approximate surface area is 80.0 Å². The zero-order valence-corrected chi connectivity index (χ0v) is 8.67. The van der Waals surface area contributed by atoms with E-state index >= 15 is 0 Å². The fourth-order valence-corrected chi connectivity index (χ4v) is 1.80. The van der Waals surface area contributed by atoms with Crippen LogP contribution in [0.1, 0.15) is 33.6 Å². The molecule has 1 aliphatic rings. The van der Waals surface area contributed by atoms with Gasteiger partial charge in [-0.25, -0.2) is 0 Å². The molecule has 0 spiro atoms. The van der Waals surface area contributed by atoms with E-state index < -0.39 is 0 Å². The maximum Gasteiger partial charge on any atom is 0.302 e. The average Bonchev–Trinajstić information content (AvgIpc) is 2.02. The van der Waals surface area contributed by atoms with Gasteiger partial charge in [0.1, 0.15) is 0 Å². The number of hydrogen-bond acceptors (Lipinski definition) is 2. The SMILES string of the molecule is CC(=O)OC[C@H]1CC=C(C)C[C@@H]1C. The van der Waals surface area contributed by atoms with Gasteiger partial charge in [-0.3, -0.25) is 4.79 Å². The molecule has 0 heterocycles. The number of esters is 1. The molecule has 2 atom stereocenters. The van der Waals surface area contributed by atoms with Crippen LogP contribution in [0.2, 0.25) is 0 Å². The van der Waals surface area contributed by atoms with Crippen molar-refractivity contribution in [1.82, 2.24) is 0 Å². The molecule has 2 nitrogen and oxygen atoms in total. The summed E-state index contributed by atoms with van der Waals surface area (Å²) in [6.07, 6.45) is 4.46. The number of hydrogen-bond donors (Lipinski definition) is 0. The number of allylic oxidation sites excluding steroid dienone is 2. The van der Waals surface area contributed by atoms with Gasteiger partial charge < -0.3 is 4.74 Å². The van der Waals surface area contributed by atoms with Crippen molar-refractivity contribution < 1.29 is 9.53 Å². The van der Waals surface area contributed by atoms with Crippen molar-refractivity contribution in [3.8, 4) is 0 Å². The van der Waals surface area contributed by atoms with E-state index in [4.69, 9.17) is 4.74 Å². The molecule has 13 heavy (non-hydrogen) atoms. The van der Waals surface area contributed by atoms with Crippen molar-refractivity contribution in [3.63, 3.8) is 0 Å². The largest absolute Gasteiger partial charge is 0.466 e. The minimum atomic E-state index is -0.168. The van der Waals surface area contributed by atoms with E-state index in [1.54, 1.807) is 0 Å². The van der Waals surface area contributed by atoms with Crippen LogP contribution in [0.4, 0.5) is 0 Å². The second-order valence-electron chi connectivity index (χ2n) is 4.03. The molecule has 74 valence electrons. The molecule has 0 aromatic rings. The molecule has 1 aliphatic carbocycles. The summed E-state index contributed by atoms with van der Waals surface area (Å²) in [5.41, 5.74) is 1.46. The van der Waals surface area contributed by atoms with E-state index in [9.17, 15) is 4.79 Å². The van der Waals surface area contributed by atoms with Crippen molar-refractivity contribution >= 4 is 5.97 Å². The molecule has 0 saturated heterocycles. The molecule has 0 aliphatic heterocycles. The molecule has 0 bridgehead atoms. The van der Waals surface area contributed by atoms with Gasteiger partial charge in [0.15, 0.2) is 0 Å². The Morgan fingerprint density at radius 3 is 2.92 bits per heavy atom. The Morgan fingerprint density at radius 1 is 1.69 bits per heavy atom. The van der Waals surface area contributed by atoms with E-state index in [0.29, 0.717) is 18.4 Å². The Balaban J connectivity index is 2.39. The first-order valence-corrected chi connectivity index (χ1v) is 4.88. The molecule has 1 rings (SSSR count). The van der Waals surface area contributed by atoms with Crippen molar-refractivity contribution in [3.05, 3.63) is 11.6 Å². The summed E-state index contributed by atoms with van der Waals surface area (Å²) < 4.78 is 5.02. The first-order valence-electron chi connectivity index (χ1n) is 4.88. The Kier molecular flexibility index (Phi) is 3.52. The molecule has 0 saturated carbocycles. The summed E-state index contributed by atoms with van der Waals surface area (Å²) in [6, 6.07) is 0. The molecular weight excluding hydrogens is 164 g/mol. The van der Waals surface area contributed by atoms with Crippen molar-refractivity contribution in [1.29, 1.82) is 0 Å². The minimum absolute atomic E-state index is 0.168. The van der Waals surface area contributed by atoms with Gasteiger partial charge >= 0.3 is 5.97 Å². The van der Waals surface area contributed by atoms with Gasteiger partial charge in [-0.1, -0.05) is 18.6 Å². The van der Waals surface area contributed by atoms with E-state index in [2.05, 4.69) is 19.9 Å². The van der Waals surface area contributed by atoms with Crippen LogP contribution >= 0.6 is 0 Å². The summed E-state index contributed by atoms with van der Waals surface area (Å²) in [7, 11) is 0. The van der Waals surface area contributed by atoms with Crippen molar-refractivity contribution in [2.45, 2.75) is 33.6 Å². The summed E-state index contributed by atoms with van der Waals surface area (Å²) in [6.45, 7) is 6.44. The van der Waals surface area contributed by atoms with E-state index in [1.807, 2.05) is 0 Å². The second kappa shape index (κ2) is 4.45. The quantitative estimate of drug-likeness (QED) is 0.484. The molecule has 0 unspecified atom stereocenters. The van der Waals surface area contributed by atoms with Gasteiger partial charge in [-0.05, 0) is 31.6 Å². The van der Waals surface area contributed by atoms with Crippen LogP contribution in [0.5, 0.6) is 0 Å². The summed E-state index contributed by atoms with van der Waals surface area (Å²) >= 11 is 0. The smallest absolute Gasteiger partial charge is 0.302 e.